The Morgan fingerprint density at radius 2 is 2.37 bits per heavy atom. The first-order valence-electron chi connectivity index (χ1n) is 6.03. The van der Waals surface area contributed by atoms with E-state index in [0.717, 1.165) is 0 Å². The molecule has 6 nitrogen and oxygen atoms in total. The van der Waals surface area contributed by atoms with Gasteiger partial charge in [-0.3, -0.25) is 9.98 Å². The first-order valence-corrected chi connectivity index (χ1v) is 6.03. The molecule has 0 fully saturated rings. The van der Waals surface area contributed by atoms with E-state index < -0.39 is 11.6 Å². The molecule has 1 aromatic carbocycles. The monoisotopic (exact) mass is 259 g/mol. The maximum atomic E-state index is 12.1. The first kappa shape index (κ1) is 11.9. The molecule has 1 unspecified atom stereocenters. The van der Waals surface area contributed by atoms with Crippen molar-refractivity contribution in [2.75, 3.05) is 18.6 Å². The van der Waals surface area contributed by atoms with Crippen LogP contribution in [0.4, 0.5) is 5.69 Å². The second-order valence-electron chi connectivity index (χ2n) is 4.28. The van der Waals surface area contributed by atoms with E-state index in [9.17, 15) is 9.90 Å². The summed E-state index contributed by atoms with van der Waals surface area (Å²) < 4.78 is 4.96. The van der Waals surface area contributed by atoms with Gasteiger partial charge in [0.25, 0.3) is 0 Å². The number of rotatable bonds is 2. The Bertz CT molecular complexity index is 696. The third-order valence-electron chi connectivity index (χ3n) is 3.16. The van der Waals surface area contributed by atoms with Gasteiger partial charge in [-0.05, 0) is 25.1 Å². The summed E-state index contributed by atoms with van der Waals surface area (Å²) in [5.74, 6) is -0.704. The Hall–Kier alpha value is -2.21. The summed E-state index contributed by atoms with van der Waals surface area (Å²) in [5, 5.41) is 14.9. The summed E-state index contributed by atoms with van der Waals surface area (Å²) in [5.41, 5.74) is -0.768. The van der Waals surface area contributed by atoms with Crippen LogP contribution in [0.15, 0.2) is 34.4 Å². The summed E-state index contributed by atoms with van der Waals surface area (Å²) in [4.78, 5) is 20.5. The van der Waals surface area contributed by atoms with Crippen LogP contribution < -0.4 is 16.0 Å². The number of hydrogen-bond acceptors (Lipinski definition) is 6. The lowest BCUT2D eigenvalue weighted by Gasteiger charge is -2.28. The summed E-state index contributed by atoms with van der Waals surface area (Å²) in [6.45, 7) is 2.21. The van der Waals surface area contributed by atoms with Gasteiger partial charge in [-0.1, -0.05) is 0 Å². The van der Waals surface area contributed by atoms with Gasteiger partial charge >= 0.3 is 5.97 Å². The summed E-state index contributed by atoms with van der Waals surface area (Å²) >= 11 is 0. The average Bonchev–Trinajstić information content (AvgIpc) is 2.87. The lowest BCUT2D eigenvalue weighted by molar-refractivity contribution is -0.161. The van der Waals surface area contributed by atoms with Crippen LogP contribution in [0, 0.1) is 0 Å². The normalized spacial score (nSPS) is 22.6. The fourth-order valence-electron chi connectivity index (χ4n) is 2.30. The molecule has 0 radical (unpaired) electrons. The van der Waals surface area contributed by atoms with Crippen molar-refractivity contribution in [3.63, 3.8) is 0 Å². The van der Waals surface area contributed by atoms with E-state index in [1.807, 2.05) is 6.07 Å². The number of carbonyl (C=O) groups is 1. The maximum absolute atomic E-state index is 12.1. The summed E-state index contributed by atoms with van der Waals surface area (Å²) in [6, 6.07) is 3.58. The molecule has 19 heavy (non-hydrogen) atoms. The third-order valence-corrected chi connectivity index (χ3v) is 3.16. The molecule has 0 spiro atoms. The molecule has 0 amide bonds. The molecule has 1 aromatic rings. The maximum Gasteiger partial charge on any atom is 0.347 e. The van der Waals surface area contributed by atoms with Gasteiger partial charge in [-0.25, -0.2) is 4.79 Å². The van der Waals surface area contributed by atoms with Gasteiger partial charge in [-0.15, -0.1) is 0 Å². The highest BCUT2D eigenvalue weighted by molar-refractivity contribution is 5.87. The van der Waals surface area contributed by atoms with E-state index in [1.165, 1.54) is 12.3 Å². The second kappa shape index (κ2) is 4.17. The molecule has 2 N–H and O–H groups in total. The number of aliphatic hydroxyl groups is 1. The zero-order chi connectivity index (χ0) is 13.5. The molecule has 0 aliphatic carbocycles. The van der Waals surface area contributed by atoms with Gasteiger partial charge in [0.15, 0.2) is 0 Å². The minimum absolute atomic E-state index is 0.203. The van der Waals surface area contributed by atoms with Gasteiger partial charge in [0.05, 0.1) is 17.3 Å². The van der Waals surface area contributed by atoms with Crippen molar-refractivity contribution in [3.05, 3.63) is 40.7 Å². The minimum atomic E-state index is -1.81. The number of hydrogen-bond donors (Lipinski definition) is 2. The molecule has 2 heterocycles. The molecule has 6 heteroatoms. The summed E-state index contributed by atoms with van der Waals surface area (Å²) in [6.07, 6.45) is 2.90. The van der Waals surface area contributed by atoms with Crippen LogP contribution in [0.5, 0.6) is 0 Å². The molecule has 3 rings (SSSR count). The number of nitrogens with one attached hydrogen (secondary N) is 1. The number of benzene rings is 1. The number of esters is 1. The first-order chi connectivity index (χ1) is 9.16. The Morgan fingerprint density at radius 3 is 3.16 bits per heavy atom. The molecule has 0 bridgehead atoms. The Morgan fingerprint density at radius 1 is 1.53 bits per heavy atom. The highest BCUT2D eigenvalue weighted by Crippen LogP contribution is 2.31. The minimum Gasteiger partial charge on any atom is -0.463 e. The van der Waals surface area contributed by atoms with E-state index in [2.05, 4.69) is 15.3 Å². The van der Waals surface area contributed by atoms with E-state index in [-0.39, 0.29) is 6.61 Å². The fourth-order valence-corrected chi connectivity index (χ4v) is 2.30. The van der Waals surface area contributed by atoms with E-state index in [4.69, 9.17) is 4.74 Å². The molecule has 0 saturated carbocycles. The standard InChI is InChI=1S/C13H13N3O3/c1-2-19-12(17)13(18)5-6-14-8-3-4-9-11(10(8)13)16-7-15-9/h3-6,14,18H,2,7H2,1H3. The van der Waals surface area contributed by atoms with Gasteiger partial charge in [-0.2, -0.15) is 0 Å². The van der Waals surface area contributed by atoms with Crippen LogP contribution in [-0.4, -0.2) is 24.4 Å². The van der Waals surface area contributed by atoms with Crippen molar-refractivity contribution in [1.29, 1.82) is 0 Å². The number of anilines is 1. The topological polar surface area (TPSA) is 83.3 Å². The van der Waals surface area contributed by atoms with E-state index in [1.54, 1.807) is 13.0 Å². The van der Waals surface area contributed by atoms with Crippen molar-refractivity contribution in [1.82, 2.24) is 0 Å². The number of nitrogens with zero attached hydrogens (tertiary/aromatic N) is 2. The SMILES string of the molecule is CCOC(=O)C1(O)C=CNc2ccc3c(c21)=NCN=3. The highest BCUT2D eigenvalue weighted by atomic mass is 16.5. The van der Waals surface area contributed by atoms with Crippen molar-refractivity contribution < 1.29 is 14.6 Å². The van der Waals surface area contributed by atoms with Crippen LogP contribution in [0.1, 0.15) is 12.5 Å². The smallest absolute Gasteiger partial charge is 0.347 e. The average molecular weight is 259 g/mol. The van der Waals surface area contributed by atoms with Gasteiger partial charge in [0, 0.05) is 17.5 Å². The van der Waals surface area contributed by atoms with Gasteiger partial charge in [0.1, 0.15) is 6.67 Å². The molecule has 0 aromatic heterocycles. The van der Waals surface area contributed by atoms with Gasteiger partial charge in [0.2, 0.25) is 5.60 Å². The molecular formula is C13H13N3O3. The zero-order valence-electron chi connectivity index (χ0n) is 10.4. The predicted octanol–water partition coefficient (Wildman–Crippen LogP) is -0.413. The quantitative estimate of drug-likeness (QED) is 0.707. The van der Waals surface area contributed by atoms with Crippen LogP contribution in [0.2, 0.25) is 0 Å². The van der Waals surface area contributed by atoms with Crippen molar-refractivity contribution in [3.8, 4) is 0 Å². The molecule has 2 aliphatic rings. The number of fused-ring (bicyclic) bond motifs is 3. The summed E-state index contributed by atoms with van der Waals surface area (Å²) in [7, 11) is 0. The van der Waals surface area contributed by atoms with E-state index in [0.29, 0.717) is 28.6 Å². The van der Waals surface area contributed by atoms with Gasteiger partial charge < -0.3 is 15.2 Å². The zero-order valence-corrected chi connectivity index (χ0v) is 10.4. The third kappa shape index (κ3) is 1.64. The molecule has 1 atom stereocenters. The molecule has 0 saturated heterocycles. The lowest BCUT2D eigenvalue weighted by Crippen LogP contribution is -2.45. The largest absolute Gasteiger partial charge is 0.463 e. The van der Waals surface area contributed by atoms with Crippen molar-refractivity contribution in [2.45, 2.75) is 12.5 Å². The van der Waals surface area contributed by atoms with Crippen LogP contribution in [0.3, 0.4) is 0 Å². The Balaban J connectivity index is 2.26. The fraction of sp³-hybridized carbons (Fsp3) is 0.308. The predicted molar refractivity (Wildman–Crippen MR) is 66.9 cm³/mol. The number of ether oxygens (including phenoxy) is 1. The lowest BCUT2D eigenvalue weighted by atomic mass is 9.89. The number of carbonyl (C=O) groups excluding carboxylic acids is 1. The molecule has 98 valence electrons. The van der Waals surface area contributed by atoms with Crippen LogP contribution in [0.25, 0.3) is 0 Å². The van der Waals surface area contributed by atoms with Crippen LogP contribution >= 0.6 is 0 Å². The molecule has 2 aliphatic heterocycles. The van der Waals surface area contributed by atoms with Crippen molar-refractivity contribution >= 4 is 11.7 Å². The Labute approximate surface area is 109 Å². The van der Waals surface area contributed by atoms with Crippen LogP contribution in [-0.2, 0) is 15.1 Å². The van der Waals surface area contributed by atoms with Crippen molar-refractivity contribution in [2.24, 2.45) is 9.98 Å². The van der Waals surface area contributed by atoms with E-state index >= 15 is 0 Å². The molecular weight excluding hydrogens is 246 g/mol. The Kier molecular flexibility index (Phi) is 2.60. The second-order valence-corrected chi connectivity index (χ2v) is 4.28. The highest BCUT2D eigenvalue weighted by Gasteiger charge is 2.42.